The number of aromatic nitrogens is 1. The third-order valence-corrected chi connectivity index (χ3v) is 2.24. The minimum Gasteiger partial charge on any atom is -0.241 e. The number of rotatable bonds is 1. The van der Waals surface area contributed by atoms with Crippen molar-refractivity contribution in [1.82, 2.24) is 4.98 Å². The molecule has 2 nitrogen and oxygen atoms in total. The van der Waals surface area contributed by atoms with Crippen molar-refractivity contribution in [2.24, 2.45) is 0 Å². The molecule has 11 heavy (non-hydrogen) atoms. The lowest BCUT2D eigenvalue weighted by molar-refractivity contribution is 1.09. The normalized spacial score (nSPS) is 9.18. The molecule has 3 heteroatoms. The molecule has 1 aromatic rings. The smallest absolute Gasteiger partial charge is 0.140 e. The van der Waals surface area contributed by atoms with E-state index in [9.17, 15) is 0 Å². The van der Waals surface area contributed by atoms with Crippen molar-refractivity contribution in [2.75, 3.05) is 6.26 Å². The van der Waals surface area contributed by atoms with E-state index < -0.39 is 0 Å². The second-order valence-corrected chi connectivity index (χ2v) is 2.94. The van der Waals surface area contributed by atoms with Crippen molar-refractivity contribution in [2.45, 2.75) is 11.8 Å². The molecule has 56 valence electrons. The SMILES string of the molecule is CSc1ccc(C#N)nc1C. The highest BCUT2D eigenvalue weighted by molar-refractivity contribution is 7.98. The first-order valence-corrected chi connectivity index (χ1v) is 4.42. The fraction of sp³-hybridized carbons (Fsp3) is 0.250. The van der Waals surface area contributed by atoms with E-state index in [-0.39, 0.29) is 0 Å². The van der Waals surface area contributed by atoms with E-state index in [0.29, 0.717) is 5.69 Å². The molecule has 0 aliphatic carbocycles. The number of aryl methyl sites for hydroxylation is 1. The second kappa shape index (κ2) is 3.40. The third-order valence-electron chi connectivity index (χ3n) is 1.37. The molecule has 0 unspecified atom stereocenters. The zero-order valence-corrected chi connectivity index (χ0v) is 7.27. The van der Waals surface area contributed by atoms with Gasteiger partial charge in [0.25, 0.3) is 0 Å². The number of hydrogen-bond acceptors (Lipinski definition) is 3. The van der Waals surface area contributed by atoms with E-state index in [1.807, 2.05) is 25.3 Å². The lowest BCUT2D eigenvalue weighted by Gasteiger charge is -1.99. The molecule has 1 aromatic heterocycles. The van der Waals surface area contributed by atoms with Gasteiger partial charge in [-0.05, 0) is 25.3 Å². The zero-order valence-electron chi connectivity index (χ0n) is 6.46. The number of thioether (sulfide) groups is 1. The van der Waals surface area contributed by atoms with Gasteiger partial charge in [-0.25, -0.2) is 4.98 Å². The molecule has 1 rings (SSSR count). The Bertz CT molecular complexity index is 301. The van der Waals surface area contributed by atoms with Gasteiger partial charge in [-0.2, -0.15) is 5.26 Å². The highest BCUT2D eigenvalue weighted by Crippen LogP contribution is 2.17. The van der Waals surface area contributed by atoms with Crippen LogP contribution in [0.5, 0.6) is 0 Å². The van der Waals surface area contributed by atoms with E-state index in [1.165, 1.54) is 0 Å². The minimum atomic E-state index is 0.486. The largest absolute Gasteiger partial charge is 0.241 e. The van der Waals surface area contributed by atoms with E-state index in [1.54, 1.807) is 17.8 Å². The Morgan fingerprint density at radius 3 is 2.73 bits per heavy atom. The average molecular weight is 164 g/mol. The van der Waals surface area contributed by atoms with Gasteiger partial charge in [-0.3, -0.25) is 0 Å². The van der Waals surface area contributed by atoms with E-state index in [4.69, 9.17) is 5.26 Å². The summed E-state index contributed by atoms with van der Waals surface area (Å²) < 4.78 is 0. The number of nitrogens with zero attached hydrogens (tertiary/aromatic N) is 2. The molecule has 1 heterocycles. The van der Waals surface area contributed by atoms with Gasteiger partial charge in [-0.15, -0.1) is 11.8 Å². The Morgan fingerprint density at radius 1 is 1.55 bits per heavy atom. The Kier molecular flexibility index (Phi) is 2.50. The van der Waals surface area contributed by atoms with E-state index in [2.05, 4.69) is 4.98 Å². The van der Waals surface area contributed by atoms with Gasteiger partial charge in [0.2, 0.25) is 0 Å². The van der Waals surface area contributed by atoms with E-state index >= 15 is 0 Å². The molecule has 0 radical (unpaired) electrons. The van der Waals surface area contributed by atoms with Crippen LogP contribution in [0.1, 0.15) is 11.4 Å². The maximum atomic E-state index is 8.51. The molecule has 0 saturated heterocycles. The topological polar surface area (TPSA) is 36.7 Å². The van der Waals surface area contributed by atoms with Gasteiger partial charge in [0.15, 0.2) is 0 Å². The summed E-state index contributed by atoms with van der Waals surface area (Å²) in [5.41, 5.74) is 1.41. The molecule has 0 aromatic carbocycles. The Morgan fingerprint density at radius 2 is 2.27 bits per heavy atom. The van der Waals surface area contributed by atoms with Crippen LogP contribution >= 0.6 is 11.8 Å². The lowest BCUT2D eigenvalue weighted by Crippen LogP contribution is -1.88. The molecule has 0 aliphatic rings. The second-order valence-electron chi connectivity index (χ2n) is 2.10. The number of nitriles is 1. The van der Waals surface area contributed by atoms with Crippen LogP contribution < -0.4 is 0 Å². The quantitative estimate of drug-likeness (QED) is 0.595. The first-order valence-electron chi connectivity index (χ1n) is 3.19. The Labute approximate surface area is 70.3 Å². The molecule has 0 spiro atoms. The fourth-order valence-corrected chi connectivity index (χ4v) is 1.37. The molecule has 0 bridgehead atoms. The van der Waals surface area contributed by atoms with Crippen LogP contribution in [0.25, 0.3) is 0 Å². The van der Waals surface area contributed by atoms with Gasteiger partial charge in [-0.1, -0.05) is 0 Å². The van der Waals surface area contributed by atoms with Crippen molar-refractivity contribution >= 4 is 11.8 Å². The van der Waals surface area contributed by atoms with Crippen molar-refractivity contribution in [3.63, 3.8) is 0 Å². The van der Waals surface area contributed by atoms with Gasteiger partial charge >= 0.3 is 0 Å². The first-order chi connectivity index (χ1) is 5.27. The summed E-state index contributed by atoms with van der Waals surface area (Å²) in [6.07, 6.45) is 2.00. The lowest BCUT2D eigenvalue weighted by atomic mass is 10.3. The first kappa shape index (κ1) is 8.09. The molecule has 0 saturated carbocycles. The molecule has 0 atom stereocenters. The van der Waals surface area contributed by atoms with Crippen LogP contribution in [0.2, 0.25) is 0 Å². The standard InChI is InChI=1S/C8H8N2S/c1-6-8(11-2)4-3-7(5-9)10-6/h3-4H,1-2H3. The molecular formula is C8H8N2S. The summed E-state index contributed by atoms with van der Waals surface area (Å²) in [5.74, 6) is 0. The van der Waals surface area contributed by atoms with Crippen molar-refractivity contribution < 1.29 is 0 Å². The van der Waals surface area contributed by atoms with E-state index in [0.717, 1.165) is 10.6 Å². The van der Waals surface area contributed by atoms with Crippen molar-refractivity contribution in [3.05, 3.63) is 23.5 Å². The maximum Gasteiger partial charge on any atom is 0.140 e. The average Bonchev–Trinajstić information content (AvgIpc) is 2.04. The minimum absolute atomic E-state index is 0.486. The fourth-order valence-electron chi connectivity index (χ4n) is 0.826. The van der Waals surface area contributed by atoms with Crippen molar-refractivity contribution in [3.8, 4) is 6.07 Å². The maximum absolute atomic E-state index is 8.51. The molecule has 0 N–H and O–H groups in total. The Hall–Kier alpha value is -1.01. The van der Waals surface area contributed by atoms with Crippen LogP contribution in [0.15, 0.2) is 17.0 Å². The van der Waals surface area contributed by atoms with Gasteiger partial charge in [0.05, 0.1) is 5.69 Å². The number of pyridine rings is 1. The summed E-state index contributed by atoms with van der Waals surface area (Å²) in [4.78, 5) is 5.21. The predicted molar refractivity (Wildman–Crippen MR) is 45.5 cm³/mol. The van der Waals surface area contributed by atoms with Crippen LogP contribution in [0, 0.1) is 18.3 Å². The van der Waals surface area contributed by atoms with Crippen LogP contribution in [0.3, 0.4) is 0 Å². The Balaban J connectivity index is 3.12. The molecule has 0 amide bonds. The number of hydrogen-bond donors (Lipinski definition) is 0. The van der Waals surface area contributed by atoms with Gasteiger partial charge < -0.3 is 0 Å². The summed E-state index contributed by atoms with van der Waals surface area (Å²) in [5, 5.41) is 8.51. The molecule has 0 aliphatic heterocycles. The molecular weight excluding hydrogens is 156 g/mol. The summed E-state index contributed by atoms with van der Waals surface area (Å²) in [6.45, 7) is 1.91. The van der Waals surface area contributed by atoms with Crippen LogP contribution in [0.4, 0.5) is 0 Å². The summed E-state index contributed by atoms with van der Waals surface area (Å²) in [6, 6.07) is 5.66. The van der Waals surface area contributed by atoms with Gasteiger partial charge in [0.1, 0.15) is 11.8 Å². The zero-order chi connectivity index (χ0) is 8.27. The molecule has 0 fully saturated rings. The third kappa shape index (κ3) is 1.72. The summed E-state index contributed by atoms with van der Waals surface area (Å²) in [7, 11) is 0. The summed E-state index contributed by atoms with van der Waals surface area (Å²) >= 11 is 1.64. The highest BCUT2D eigenvalue weighted by Gasteiger charge is 1.98. The monoisotopic (exact) mass is 164 g/mol. The highest BCUT2D eigenvalue weighted by atomic mass is 32.2. The van der Waals surface area contributed by atoms with Crippen LogP contribution in [-0.2, 0) is 0 Å². The predicted octanol–water partition coefficient (Wildman–Crippen LogP) is 1.98. The van der Waals surface area contributed by atoms with Gasteiger partial charge in [0, 0.05) is 4.90 Å². The van der Waals surface area contributed by atoms with Crippen molar-refractivity contribution in [1.29, 1.82) is 5.26 Å². The van der Waals surface area contributed by atoms with Crippen LogP contribution in [-0.4, -0.2) is 11.2 Å².